The minimum absolute atomic E-state index is 0.353. The Morgan fingerprint density at radius 1 is 1.18 bits per heavy atom. The summed E-state index contributed by atoms with van der Waals surface area (Å²) in [6, 6.07) is 0. The molecule has 0 saturated carbocycles. The van der Waals surface area contributed by atoms with Gasteiger partial charge in [-0.1, -0.05) is 41.0 Å². The summed E-state index contributed by atoms with van der Waals surface area (Å²) < 4.78 is 0. The zero-order valence-electron chi connectivity index (χ0n) is 8.72. The van der Waals surface area contributed by atoms with Crippen LogP contribution in [0.15, 0.2) is 0 Å². The third-order valence-electron chi connectivity index (χ3n) is 1.84. The number of aliphatic hydroxyl groups excluding tert-OH is 1. The minimum atomic E-state index is 0.353. The molecule has 0 radical (unpaired) electrons. The fraction of sp³-hybridized carbons (Fsp3) is 1.00. The van der Waals surface area contributed by atoms with E-state index in [0.29, 0.717) is 18.4 Å². The lowest BCUT2D eigenvalue weighted by atomic mass is 9.92. The molecule has 0 aliphatic carbocycles. The summed E-state index contributed by atoms with van der Waals surface area (Å²) in [6.45, 7) is 10.8. The van der Waals surface area contributed by atoms with Gasteiger partial charge in [0.2, 0.25) is 0 Å². The molecule has 1 N–H and O–H groups in total. The van der Waals surface area contributed by atoms with Crippen molar-refractivity contribution in [3.63, 3.8) is 0 Å². The molecule has 0 aromatic rings. The second kappa shape index (κ2) is 9.96. The van der Waals surface area contributed by atoms with Crippen molar-refractivity contribution >= 4 is 0 Å². The number of hydrogen-bond acceptors (Lipinski definition) is 1. The Hall–Kier alpha value is -0.0400. The molecule has 0 aliphatic rings. The first-order valence-corrected chi connectivity index (χ1v) is 4.83. The van der Waals surface area contributed by atoms with E-state index in [1.54, 1.807) is 0 Å². The van der Waals surface area contributed by atoms with Crippen LogP contribution in [0.4, 0.5) is 0 Å². The SMILES string of the molecule is CC.CCCC(CO)C(C)C. The van der Waals surface area contributed by atoms with E-state index in [-0.39, 0.29) is 0 Å². The Morgan fingerprint density at radius 2 is 1.64 bits per heavy atom. The van der Waals surface area contributed by atoms with Crippen molar-refractivity contribution in [1.29, 1.82) is 0 Å². The van der Waals surface area contributed by atoms with Gasteiger partial charge in [-0.15, -0.1) is 0 Å². The van der Waals surface area contributed by atoms with E-state index < -0.39 is 0 Å². The maximum Gasteiger partial charge on any atom is 0.0461 e. The van der Waals surface area contributed by atoms with Gasteiger partial charge in [0.25, 0.3) is 0 Å². The van der Waals surface area contributed by atoms with Crippen LogP contribution in [0.2, 0.25) is 0 Å². The maximum atomic E-state index is 8.83. The van der Waals surface area contributed by atoms with Gasteiger partial charge in [-0.3, -0.25) is 0 Å². The lowest BCUT2D eigenvalue weighted by Gasteiger charge is -2.16. The van der Waals surface area contributed by atoms with Crippen LogP contribution in [0, 0.1) is 11.8 Å². The summed E-state index contributed by atoms with van der Waals surface area (Å²) in [5.74, 6) is 1.16. The lowest BCUT2D eigenvalue weighted by molar-refractivity contribution is 0.180. The molecule has 0 saturated heterocycles. The van der Waals surface area contributed by atoms with Crippen LogP contribution in [-0.4, -0.2) is 11.7 Å². The van der Waals surface area contributed by atoms with E-state index in [4.69, 9.17) is 5.11 Å². The molecule has 0 fully saturated rings. The molecule has 0 rings (SSSR count). The smallest absolute Gasteiger partial charge is 0.0461 e. The van der Waals surface area contributed by atoms with E-state index in [9.17, 15) is 0 Å². The molecule has 11 heavy (non-hydrogen) atoms. The van der Waals surface area contributed by atoms with Crippen LogP contribution in [-0.2, 0) is 0 Å². The summed E-state index contributed by atoms with van der Waals surface area (Å²) in [5.41, 5.74) is 0. The van der Waals surface area contributed by atoms with Crippen molar-refractivity contribution in [3.05, 3.63) is 0 Å². The Morgan fingerprint density at radius 3 is 1.73 bits per heavy atom. The van der Waals surface area contributed by atoms with Crippen molar-refractivity contribution < 1.29 is 5.11 Å². The van der Waals surface area contributed by atoms with Crippen LogP contribution in [0.5, 0.6) is 0 Å². The summed E-state index contributed by atoms with van der Waals surface area (Å²) >= 11 is 0. The summed E-state index contributed by atoms with van der Waals surface area (Å²) in [5, 5.41) is 8.83. The summed E-state index contributed by atoms with van der Waals surface area (Å²) in [4.78, 5) is 0. The van der Waals surface area contributed by atoms with E-state index in [0.717, 1.165) is 6.42 Å². The summed E-state index contributed by atoms with van der Waals surface area (Å²) in [7, 11) is 0. The van der Waals surface area contributed by atoms with Crippen LogP contribution in [0.3, 0.4) is 0 Å². The van der Waals surface area contributed by atoms with E-state index in [2.05, 4.69) is 20.8 Å². The first-order chi connectivity index (χ1) is 5.22. The molecule has 0 bridgehead atoms. The molecule has 0 aliphatic heterocycles. The molecule has 0 spiro atoms. The number of hydrogen-bond donors (Lipinski definition) is 1. The number of rotatable bonds is 4. The van der Waals surface area contributed by atoms with Crippen LogP contribution in [0.1, 0.15) is 47.5 Å². The molecule has 1 unspecified atom stereocenters. The van der Waals surface area contributed by atoms with Crippen LogP contribution < -0.4 is 0 Å². The van der Waals surface area contributed by atoms with Crippen molar-refractivity contribution in [3.8, 4) is 0 Å². The highest BCUT2D eigenvalue weighted by Gasteiger charge is 2.09. The van der Waals surface area contributed by atoms with Gasteiger partial charge < -0.3 is 5.11 Å². The van der Waals surface area contributed by atoms with Crippen molar-refractivity contribution in [1.82, 2.24) is 0 Å². The fourth-order valence-corrected chi connectivity index (χ4v) is 1.01. The van der Waals surface area contributed by atoms with Gasteiger partial charge in [-0.2, -0.15) is 0 Å². The Kier molecular flexibility index (Phi) is 12.3. The van der Waals surface area contributed by atoms with Crippen molar-refractivity contribution in [2.24, 2.45) is 11.8 Å². The molecule has 0 aromatic heterocycles. The molecule has 1 nitrogen and oxygen atoms in total. The highest BCUT2D eigenvalue weighted by Crippen LogP contribution is 2.15. The zero-order chi connectivity index (χ0) is 9.28. The zero-order valence-corrected chi connectivity index (χ0v) is 8.72. The van der Waals surface area contributed by atoms with E-state index in [1.807, 2.05) is 13.8 Å². The monoisotopic (exact) mass is 160 g/mol. The fourth-order valence-electron chi connectivity index (χ4n) is 1.01. The quantitative estimate of drug-likeness (QED) is 0.670. The van der Waals surface area contributed by atoms with Gasteiger partial charge >= 0.3 is 0 Å². The molecule has 0 amide bonds. The Labute approximate surface area is 71.8 Å². The molecule has 1 atom stereocenters. The molecular weight excluding hydrogens is 136 g/mol. The Bertz CT molecular complexity index is 59.9. The highest BCUT2D eigenvalue weighted by atomic mass is 16.3. The summed E-state index contributed by atoms with van der Waals surface area (Å²) in [6.07, 6.45) is 2.34. The van der Waals surface area contributed by atoms with Crippen LogP contribution >= 0.6 is 0 Å². The van der Waals surface area contributed by atoms with Gasteiger partial charge in [-0.25, -0.2) is 0 Å². The van der Waals surface area contributed by atoms with Crippen molar-refractivity contribution in [2.75, 3.05) is 6.61 Å². The third-order valence-corrected chi connectivity index (χ3v) is 1.84. The second-order valence-electron chi connectivity index (χ2n) is 2.98. The average Bonchev–Trinajstić information content (AvgIpc) is 2.03. The molecule has 70 valence electrons. The van der Waals surface area contributed by atoms with E-state index >= 15 is 0 Å². The standard InChI is InChI=1S/C8H18O.C2H6/c1-4-5-8(6-9)7(2)3;1-2/h7-9H,4-6H2,1-3H3;1-2H3. The minimum Gasteiger partial charge on any atom is -0.396 e. The van der Waals surface area contributed by atoms with Crippen LogP contribution in [0.25, 0.3) is 0 Å². The molecule has 0 aromatic carbocycles. The molecule has 0 heterocycles. The van der Waals surface area contributed by atoms with Gasteiger partial charge in [0.15, 0.2) is 0 Å². The predicted octanol–water partition coefficient (Wildman–Crippen LogP) is 3.08. The second-order valence-corrected chi connectivity index (χ2v) is 2.98. The molecule has 1 heteroatoms. The normalized spacial score (nSPS) is 12.3. The van der Waals surface area contributed by atoms with Gasteiger partial charge in [0.1, 0.15) is 0 Å². The topological polar surface area (TPSA) is 20.2 Å². The third kappa shape index (κ3) is 7.86. The maximum absolute atomic E-state index is 8.83. The van der Waals surface area contributed by atoms with Crippen molar-refractivity contribution in [2.45, 2.75) is 47.5 Å². The average molecular weight is 160 g/mol. The highest BCUT2D eigenvalue weighted by molar-refractivity contribution is 4.59. The molecular formula is C10H24O. The van der Waals surface area contributed by atoms with Gasteiger partial charge in [-0.05, 0) is 18.3 Å². The first-order valence-electron chi connectivity index (χ1n) is 4.83. The predicted molar refractivity (Wildman–Crippen MR) is 51.7 cm³/mol. The lowest BCUT2D eigenvalue weighted by Crippen LogP contribution is -2.12. The largest absolute Gasteiger partial charge is 0.396 e. The van der Waals surface area contributed by atoms with E-state index in [1.165, 1.54) is 6.42 Å². The van der Waals surface area contributed by atoms with Gasteiger partial charge in [0, 0.05) is 6.61 Å². The van der Waals surface area contributed by atoms with Gasteiger partial charge in [0.05, 0.1) is 0 Å². The first kappa shape index (κ1) is 13.5. The number of aliphatic hydroxyl groups is 1. The Balaban J connectivity index is 0.